The third kappa shape index (κ3) is 5.64. The van der Waals surface area contributed by atoms with Crippen molar-refractivity contribution in [2.45, 2.75) is 6.54 Å². The van der Waals surface area contributed by atoms with Crippen LogP contribution in [0.3, 0.4) is 0 Å². The van der Waals surface area contributed by atoms with Gasteiger partial charge < -0.3 is 20.4 Å². The molecule has 6 nitrogen and oxygen atoms in total. The second kappa shape index (κ2) is 10.5. The summed E-state index contributed by atoms with van der Waals surface area (Å²) >= 11 is 0. The van der Waals surface area contributed by atoms with Crippen molar-refractivity contribution in [1.29, 1.82) is 0 Å². The Kier molecular flexibility index (Phi) is 8.34. The molecule has 0 bridgehead atoms. The Bertz CT molecular complexity index is 955. The summed E-state index contributed by atoms with van der Waals surface area (Å²) in [5.74, 6) is -0.159. The number of amides is 1. The normalized spacial score (nSPS) is 14.1. The van der Waals surface area contributed by atoms with Gasteiger partial charge in [-0.2, -0.15) is 0 Å². The number of carbonyl (C=O) groups is 1. The highest BCUT2D eigenvalue weighted by molar-refractivity contribution is 6.05. The predicted molar refractivity (Wildman–Crippen MR) is 123 cm³/mol. The molecule has 4 rings (SSSR count). The quantitative estimate of drug-likeness (QED) is 0.598. The molecule has 0 atom stereocenters. The molecule has 3 aromatic rings. The van der Waals surface area contributed by atoms with Gasteiger partial charge in [-0.05, 0) is 42.5 Å². The number of nitrogens with two attached hydrogens (primary N) is 1. The maximum Gasteiger partial charge on any atom is 0.255 e. The van der Waals surface area contributed by atoms with Crippen molar-refractivity contribution in [2.75, 3.05) is 43.9 Å². The lowest BCUT2D eigenvalue weighted by atomic mass is 10.1. The number of morpholine rings is 1. The van der Waals surface area contributed by atoms with Gasteiger partial charge in [0.2, 0.25) is 0 Å². The molecule has 1 amide bonds. The van der Waals surface area contributed by atoms with E-state index in [1.165, 1.54) is 5.52 Å². The number of rotatable bonds is 5. The van der Waals surface area contributed by atoms with E-state index in [0.29, 0.717) is 11.3 Å². The van der Waals surface area contributed by atoms with Crippen molar-refractivity contribution < 1.29 is 9.53 Å². The number of carbonyl (C=O) groups excluding carboxylic acids is 1. The number of hydrogen-bond acceptors (Lipinski definition) is 4. The average molecular weight is 437 g/mol. The number of halogens is 2. The van der Waals surface area contributed by atoms with Gasteiger partial charge in [-0.15, -0.1) is 24.8 Å². The molecule has 29 heavy (non-hydrogen) atoms. The van der Waals surface area contributed by atoms with Gasteiger partial charge in [0.05, 0.1) is 13.2 Å². The highest BCUT2D eigenvalue weighted by atomic mass is 35.5. The Morgan fingerprint density at radius 1 is 1.03 bits per heavy atom. The standard InChI is InChI=1S/C21H24N4O2.2ClH/c22-18-3-1-2-17(14-18)21(26)23-19-4-5-20-16(15-19)6-7-25(20)9-8-24-10-12-27-13-11-24;;/h1-7,14-15H,8-13,22H2,(H,23,26);2*1H. The first-order valence-electron chi connectivity index (χ1n) is 9.25. The molecule has 1 fully saturated rings. The zero-order chi connectivity index (χ0) is 18.6. The van der Waals surface area contributed by atoms with Crippen molar-refractivity contribution in [1.82, 2.24) is 9.47 Å². The Balaban J connectivity index is 0.00000150. The first kappa shape index (κ1) is 23.0. The fourth-order valence-electron chi connectivity index (χ4n) is 3.43. The lowest BCUT2D eigenvalue weighted by Crippen LogP contribution is -2.38. The Hall–Kier alpha value is -2.25. The average Bonchev–Trinajstić information content (AvgIpc) is 3.09. The van der Waals surface area contributed by atoms with E-state index in [0.717, 1.165) is 50.5 Å². The van der Waals surface area contributed by atoms with Crippen LogP contribution in [0.2, 0.25) is 0 Å². The van der Waals surface area contributed by atoms with Crippen molar-refractivity contribution in [3.05, 3.63) is 60.3 Å². The highest BCUT2D eigenvalue weighted by Gasteiger charge is 2.11. The van der Waals surface area contributed by atoms with Crippen LogP contribution in [-0.4, -0.2) is 48.2 Å². The summed E-state index contributed by atoms with van der Waals surface area (Å²) < 4.78 is 7.66. The van der Waals surface area contributed by atoms with E-state index >= 15 is 0 Å². The summed E-state index contributed by atoms with van der Waals surface area (Å²) in [5, 5.41) is 4.06. The number of fused-ring (bicyclic) bond motifs is 1. The summed E-state index contributed by atoms with van der Waals surface area (Å²) in [6.07, 6.45) is 2.11. The van der Waals surface area contributed by atoms with Crippen molar-refractivity contribution >= 4 is 53.0 Å². The summed E-state index contributed by atoms with van der Waals surface area (Å²) in [6, 6.07) is 15.1. The van der Waals surface area contributed by atoms with E-state index in [2.05, 4.69) is 33.1 Å². The molecular weight excluding hydrogens is 411 g/mol. The molecule has 0 aliphatic carbocycles. The van der Waals surface area contributed by atoms with Gasteiger partial charge in [0.15, 0.2) is 0 Å². The maximum atomic E-state index is 12.4. The van der Waals surface area contributed by atoms with Gasteiger partial charge in [-0.3, -0.25) is 9.69 Å². The van der Waals surface area contributed by atoms with Crippen LogP contribution in [0.4, 0.5) is 11.4 Å². The first-order chi connectivity index (χ1) is 13.2. The van der Waals surface area contributed by atoms with E-state index in [4.69, 9.17) is 10.5 Å². The van der Waals surface area contributed by atoms with Crippen LogP contribution >= 0.6 is 24.8 Å². The molecule has 2 aromatic carbocycles. The van der Waals surface area contributed by atoms with E-state index in [9.17, 15) is 4.79 Å². The van der Waals surface area contributed by atoms with Crippen LogP contribution in [0, 0.1) is 0 Å². The molecule has 1 aliphatic heterocycles. The molecular formula is C21H26Cl2N4O2. The van der Waals surface area contributed by atoms with Crippen LogP contribution in [0.1, 0.15) is 10.4 Å². The number of anilines is 2. The topological polar surface area (TPSA) is 72.5 Å². The van der Waals surface area contributed by atoms with Gasteiger partial charge >= 0.3 is 0 Å². The first-order valence-corrected chi connectivity index (χ1v) is 9.25. The number of nitrogen functional groups attached to an aromatic ring is 1. The zero-order valence-corrected chi connectivity index (χ0v) is 17.7. The second-order valence-corrected chi connectivity index (χ2v) is 6.82. The minimum atomic E-state index is -0.159. The third-order valence-corrected chi connectivity index (χ3v) is 4.94. The Labute approximate surface area is 182 Å². The molecule has 1 aliphatic rings. The molecule has 3 N–H and O–H groups in total. The SMILES string of the molecule is Cl.Cl.Nc1cccc(C(=O)Nc2ccc3c(ccn3CCN3CCOCC3)c2)c1. The van der Waals surface area contributed by atoms with Crippen molar-refractivity contribution in [3.8, 4) is 0 Å². The fourth-order valence-corrected chi connectivity index (χ4v) is 3.43. The predicted octanol–water partition coefficient (Wildman–Crippen LogP) is 3.65. The lowest BCUT2D eigenvalue weighted by Gasteiger charge is -2.26. The van der Waals surface area contributed by atoms with Crippen molar-refractivity contribution in [3.63, 3.8) is 0 Å². The minimum absolute atomic E-state index is 0. The molecule has 0 saturated carbocycles. The highest BCUT2D eigenvalue weighted by Crippen LogP contribution is 2.21. The summed E-state index contributed by atoms with van der Waals surface area (Å²) in [4.78, 5) is 14.8. The third-order valence-electron chi connectivity index (χ3n) is 4.94. The van der Waals surface area contributed by atoms with E-state index in [1.54, 1.807) is 24.3 Å². The van der Waals surface area contributed by atoms with Gasteiger partial charge in [0.1, 0.15) is 0 Å². The van der Waals surface area contributed by atoms with E-state index < -0.39 is 0 Å². The van der Waals surface area contributed by atoms with Crippen LogP contribution in [0.5, 0.6) is 0 Å². The largest absolute Gasteiger partial charge is 0.399 e. The fraction of sp³-hybridized carbons (Fsp3) is 0.286. The maximum absolute atomic E-state index is 12.4. The molecule has 0 unspecified atom stereocenters. The molecule has 8 heteroatoms. The van der Waals surface area contributed by atoms with Gasteiger partial charge in [-0.1, -0.05) is 6.07 Å². The summed E-state index contributed by atoms with van der Waals surface area (Å²) in [5.41, 5.74) is 8.84. The molecule has 1 aromatic heterocycles. The van der Waals surface area contributed by atoms with Gasteiger partial charge in [0.25, 0.3) is 5.91 Å². The van der Waals surface area contributed by atoms with Gasteiger partial charge in [-0.25, -0.2) is 0 Å². The monoisotopic (exact) mass is 436 g/mol. The number of ether oxygens (including phenoxy) is 1. The van der Waals surface area contributed by atoms with Crippen LogP contribution < -0.4 is 11.1 Å². The zero-order valence-electron chi connectivity index (χ0n) is 16.0. The number of aromatic nitrogens is 1. The Morgan fingerprint density at radius 3 is 2.59 bits per heavy atom. The van der Waals surface area contributed by atoms with Crippen LogP contribution in [0.15, 0.2) is 54.7 Å². The Morgan fingerprint density at radius 2 is 1.83 bits per heavy atom. The molecule has 0 radical (unpaired) electrons. The van der Waals surface area contributed by atoms with E-state index in [1.807, 2.05) is 12.1 Å². The number of benzene rings is 2. The van der Waals surface area contributed by atoms with Gasteiger partial charge in [0, 0.05) is 60.2 Å². The summed E-state index contributed by atoms with van der Waals surface area (Å²) in [7, 11) is 0. The van der Waals surface area contributed by atoms with Crippen LogP contribution in [-0.2, 0) is 11.3 Å². The smallest absolute Gasteiger partial charge is 0.255 e. The molecule has 1 saturated heterocycles. The number of nitrogens with zero attached hydrogens (tertiary/aromatic N) is 2. The number of hydrogen-bond donors (Lipinski definition) is 2. The minimum Gasteiger partial charge on any atom is -0.399 e. The summed E-state index contributed by atoms with van der Waals surface area (Å²) in [6.45, 7) is 5.60. The van der Waals surface area contributed by atoms with E-state index in [-0.39, 0.29) is 30.7 Å². The van der Waals surface area contributed by atoms with Crippen molar-refractivity contribution in [2.24, 2.45) is 0 Å². The number of nitrogens with one attached hydrogen (secondary N) is 1. The molecule has 0 spiro atoms. The second-order valence-electron chi connectivity index (χ2n) is 6.82. The lowest BCUT2D eigenvalue weighted by molar-refractivity contribution is 0.0365. The van der Waals surface area contributed by atoms with Crippen LogP contribution in [0.25, 0.3) is 10.9 Å². The molecule has 2 heterocycles. The molecule has 156 valence electrons.